The third kappa shape index (κ3) is 7.77. The van der Waals surface area contributed by atoms with Gasteiger partial charge in [-0.2, -0.15) is 20.2 Å². The maximum absolute atomic E-state index is 14.4. The molecule has 1 unspecified atom stereocenters. The summed E-state index contributed by atoms with van der Waals surface area (Å²) in [6, 6.07) is 8.41. The molecule has 0 spiro atoms. The third-order valence-corrected chi connectivity index (χ3v) is 10.2. The molecule has 4 N–H and O–H groups in total. The van der Waals surface area contributed by atoms with E-state index in [0.29, 0.717) is 54.3 Å². The summed E-state index contributed by atoms with van der Waals surface area (Å²) in [6.45, 7) is 2.73. The van der Waals surface area contributed by atoms with Crippen molar-refractivity contribution in [2.45, 2.75) is 51.2 Å². The van der Waals surface area contributed by atoms with E-state index in [9.17, 15) is 32.8 Å². The highest BCUT2D eigenvalue weighted by atomic mass is 19.1. The first-order valence-corrected chi connectivity index (χ1v) is 18.6. The van der Waals surface area contributed by atoms with E-state index in [1.807, 2.05) is 13.0 Å². The van der Waals surface area contributed by atoms with Crippen LogP contribution in [0.25, 0.3) is 11.0 Å². The van der Waals surface area contributed by atoms with Gasteiger partial charge in [-0.05, 0) is 50.5 Å². The Morgan fingerprint density at radius 1 is 0.966 bits per heavy atom. The van der Waals surface area contributed by atoms with Gasteiger partial charge in [0.25, 0.3) is 11.8 Å². The Kier molecular flexibility index (Phi) is 10.5. The maximum atomic E-state index is 14.4. The Balaban J connectivity index is 0.843. The second-order valence-electron chi connectivity index (χ2n) is 14.0. The molecule has 0 saturated carbocycles. The van der Waals surface area contributed by atoms with Gasteiger partial charge >= 0.3 is 0 Å². The number of piperidine rings is 2. The van der Waals surface area contributed by atoms with Gasteiger partial charge in [-0.15, -0.1) is 0 Å². The van der Waals surface area contributed by atoms with Gasteiger partial charge in [-0.1, -0.05) is 6.07 Å². The molecule has 0 aliphatic carbocycles. The highest BCUT2D eigenvalue weighted by molar-refractivity contribution is 6.23. The lowest BCUT2D eigenvalue weighted by Gasteiger charge is -2.32. The van der Waals surface area contributed by atoms with Crippen LogP contribution >= 0.6 is 0 Å². The molecule has 2 saturated heterocycles. The summed E-state index contributed by atoms with van der Waals surface area (Å²) in [5.41, 5.74) is 1.83. The van der Waals surface area contributed by atoms with Crippen LogP contribution in [-0.4, -0.2) is 108 Å². The lowest BCUT2D eigenvalue weighted by atomic mass is 10.0. The van der Waals surface area contributed by atoms with Crippen LogP contribution in [0.4, 0.5) is 26.4 Å². The molecule has 2 fully saturated rings. The molecule has 18 nitrogen and oxygen atoms in total. The number of rotatable bonds is 13. The van der Waals surface area contributed by atoms with Gasteiger partial charge in [-0.25, -0.2) is 13.5 Å². The number of amides is 5. The fourth-order valence-electron chi connectivity index (χ4n) is 7.18. The predicted octanol–water partition coefficient (Wildman–Crippen LogP) is 3.15. The zero-order valence-electron chi connectivity index (χ0n) is 31.1. The number of anilines is 3. The molecule has 3 aromatic heterocycles. The first-order valence-electron chi connectivity index (χ1n) is 18.6. The number of aromatic nitrogens is 6. The van der Waals surface area contributed by atoms with Crippen LogP contribution < -0.4 is 20.7 Å². The van der Waals surface area contributed by atoms with Crippen LogP contribution in [-0.2, 0) is 25.7 Å². The predicted molar refractivity (Wildman–Crippen MR) is 200 cm³/mol. The second kappa shape index (κ2) is 16.0. The van der Waals surface area contributed by atoms with E-state index >= 15 is 0 Å². The number of aromatic amines is 1. The highest BCUT2D eigenvalue weighted by Crippen LogP contribution is 2.32. The highest BCUT2D eigenvalue weighted by Gasteiger charge is 2.44. The molecule has 6 heterocycles. The van der Waals surface area contributed by atoms with E-state index < -0.39 is 41.3 Å². The molecule has 300 valence electrons. The quantitative estimate of drug-likeness (QED) is 0.0996. The Morgan fingerprint density at radius 3 is 2.53 bits per heavy atom. The molecule has 1 atom stereocenters. The number of H-pyrrole nitrogens is 1. The number of carbonyl (C=O) groups excluding carboxylic acids is 5. The fourth-order valence-corrected chi connectivity index (χ4v) is 7.18. The average molecular weight is 798 g/mol. The van der Waals surface area contributed by atoms with Crippen LogP contribution in [0.15, 0.2) is 48.7 Å². The lowest BCUT2D eigenvalue weighted by Crippen LogP contribution is -2.54. The molecule has 2 aromatic carbocycles. The number of carbonyl (C=O) groups is 5. The van der Waals surface area contributed by atoms with Gasteiger partial charge in [0.1, 0.15) is 42.5 Å². The van der Waals surface area contributed by atoms with E-state index in [2.05, 4.69) is 36.2 Å². The summed E-state index contributed by atoms with van der Waals surface area (Å²) in [5.74, 6) is -2.50. The molecule has 3 aliphatic heterocycles. The van der Waals surface area contributed by atoms with Crippen molar-refractivity contribution in [2.24, 2.45) is 0 Å². The molecule has 0 bridgehead atoms. The largest absolute Gasteiger partial charge is 0.491 e. The number of halogens is 2. The number of hydrogen-bond acceptors (Lipinski definition) is 13. The summed E-state index contributed by atoms with van der Waals surface area (Å²) in [7, 11) is 0. The number of ether oxygens (including phenoxy) is 2. The van der Waals surface area contributed by atoms with Gasteiger partial charge in [0.15, 0.2) is 11.5 Å². The number of hydrogen-bond donors (Lipinski definition) is 4. The van der Waals surface area contributed by atoms with Gasteiger partial charge in [-0.3, -0.25) is 39.3 Å². The normalized spacial score (nSPS) is 17.2. The smallest absolute Gasteiger partial charge is 0.262 e. The van der Waals surface area contributed by atoms with Crippen LogP contribution in [0.1, 0.15) is 63.7 Å². The summed E-state index contributed by atoms with van der Waals surface area (Å²) in [4.78, 5) is 74.8. The van der Waals surface area contributed by atoms with Crippen LogP contribution in [0.2, 0.25) is 0 Å². The van der Waals surface area contributed by atoms with Crippen LogP contribution in [0, 0.1) is 18.6 Å². The zero-order chi connectivity index (χ0) is 40.5. The van der Waals surface area contributed by atoms with E-state index in [1.54, 1.807) is 15.8 Å². The van der Waals surface area contributed by atoms with Crippen LogP contribution in [0.3, 0.4) is 0 Å². The summed E-state index contributed by atoms with van der Waals surface area (Å²) in [5, 5.41) is 20.8. The number of aryl methyl sites for hydroxylation is 1. The number of fused-ring (bicyclic) bond motifs is 2. The summed E-state index contributed by atoms with van der Waals surface area (Å²) >= 11 is 0. The Hall–Kier alpha value is -6.83. The number of nitrogens with one attached hydrogen (secondary N) is 4. The fraction of sp³-hybridized carbons (Fsp3) is 0.342. The minimum atomic E-state index is -1.06. The number of benzene rings is 2. The van der Waals surface area contributed by atoms with E-state index in [1.165, 1.54) is 30.3 Å². The SMILES string of the molecule is Cc1cc(Nc2nc(NCc3ccc(F)cc3F)nc3c2cnn3C2CCN(C(=O)COCCOc3ccc4c(c3)C(=O)N(C3CCC(=O)NC3=O)C4=O)CC2)n[nH]1. The topological polar surface area (TPSA) is 219 Å². The molecule has 0 radical (unpaired) electrons. The summed E-state index contributed by atoms with van der Waals surface area (Å²) in [6.07, 6.45) is 2.91. The Bertz CT molecular complexity index is 2450. The molecule has 20 heteroatoms. The van der Waals surface area contributed by atoms with Crippen molar-refractivity contribution < 1.29 is 42.2 Å². The van der Waals surface area contributed by atoms with Gasteiger partial charge < -0.3 is 25.0 Å². The van der Waals surface area contributed by atoms with Crippen molar-refractivity contribution in [3.8, 4) is 5.75 Å². The van der Waals surface area contributed by atoms with Crippen molar-refractivity contribution in [1.82, 2.24) is 45.1 Å². The third-order valence-electron chi connectivity index (χ3n) is 10.2. The minimum absolute atomic E-state index is 0.00560. The van der Waals surface area contributed by atoms with Crippen LogP contribution in [0.5, 0.6) is 5.75 Å². The second-order valence-corrected chi connectivity index (χ2v) is 14.0. The number of likely N-dealkylation sites (tertiary alicyclic amines) is 1. The van der Waals surface area contributed by atoms with Gasteiger partial charge in [0, 0.05) is 49.4 Å². The maximum Gasteiger partial charge on any atom is 0.262 e. The molecule has 5 aromatic rings. The molecular weight excluding hydrogens is 760 g/mol. The van der Waals surface area contributed by atoms with E-state index in [-0.39, 0.29) is 73.8 Å². The monoisotopic (exact) mass is 797 g/mol. The zero-order valence-corrected chi connectivity index (χ0v) is 31.1. The molecule has 5 amide bonds. The number of imide groups is 2. The Labute approximate surface area is 328 Å². The van der Waals surface area contributed by atoms with Crippen molar-refractivity contribution in [2.75, 3.05) is 43.5 Å². The summed E-state index contributed by atoms with van der Waals surface area (Å²) < 4.78 is 41.0. The van der Waals surface area contributed by atoms with Crippen molar-refractivity contribution in [1.29, 1.82) is 0 Å². The standard InChI is InChI=1S/C38H37F2N11O7/c1-20-14-30(48-47-20)43-33-27-18-42-51(34(27)46-38(45-33)41-17-21-2-3-22(39)15-28(21)40)23-8-10-49(11-9-23)32(53)19-57-12-13-58-24-4-5-25-26(16-24)37(56)50(36(25)55)29-6-7-31(52)44-35(29)54/h2-5,14-16,18,23,29H,6-13,17,19H2,1H3,(H,44,52,54)(H3,41,43,45,46,47,48). The van der Waals surface area contributed by atoms with E-state index in [4.69, 9.17) is 14.5 Å². The van der Waals surface area contributed by atoms with Crippen molar-refractivity contribution in [3.05, 3.63) is 82.7 Å². The molecule has 8 rings (SSSR count). The minimum Gasteiger partial charge on any atom is -0.491 e. The van der Waals surface area contributed by atoms with Crippen molar-refractivity contribution >= 4 is 58.2 Å². The Morgan fingerprint density at radius 2 is 1.78 bits per heavy atom. The first kappa shape index (κ1) is 38.1. The number of nitrogens with zero attached hydrogens (tertiary/aromatic N) is 7. The first-order chi connectivity index (χ1) is 28.0. The van der Waals surface area contributed by atoms with E-state index in [0.717, 1.165) is 16.7 Å². The van der Waals surface area contributed by atoms with Gasteiger partial charge in [0.05, 0.1) is 35.4 Å². The average Bonchev–Trinajstić information content (AvgIpc) is 3.89. The molecular formula is C38H37F2N11O7. The van der Waals surface area contributed by atoms with Gasteiger partial charge in [0.2, 0.25) is 23.7 Å². The molecule has 58 heavy (non-hydrogen) atoms. The lowest BCUT2D eigenvalue weighted by molar-refractivity contribution is -0.138. The van der Waals surface area contributed by atoms with Crippen molar-refractivity contribution in [3.63, 3.8) is 0 Å². The molecule has 3 aliphatic rings.